The summed E-state index contributed by atoms with van der Waals surface area (Å²) in [5.74, 6) is 1.29. The predicted octanol–water partition coefficient (Wildman–Crippen LogP) is 3.15. The van der Waals surface area contributed by atoms with Gasteiger partial charge in [-0.3, -0.25) is 4.79 Å². The van der Waals surface area contributed by atoms with Crippen molar-refractivity contribution >= 4 is 22.4 Å². The van der Waals surface area contributed by atoms with Crippen LogP contribution in [-0.2, 0) is 11.8 Å². The van der Waals surface area contributed by atoms with Crippen LogP contribution in [0.25, 0.3) is 10.7 Å². The summed E-state index contributed by atoms with van der Waals surface area (Å²) >= 11 is 1.47. The van der Waals surface area contributed by atoms with Crippen molar-refractivity contribution in [3.05, 3.63) is 30.2 Å². The summed E-state index contributed by atoms with van der Waals surface area (Å²) in [6.07, 6.45) is 10.6. The van der Waals surface area contributed by atoms with Gasteiger partial charge in [-0.15, -0.1) is 0 Å². The molecule has 0 aliphatic heterocycles. The molecule has 2 aromatic rings. The third-order valence-corrected chi connectivity index (χ3v) is 4.70. The van der Waals surface area contributed by atoms with Gasteiger partial charge in [-0.25, -0.2) is 9.97 Å². The lowest BCUT2D eigenvalue weighted by Gasteiger charge is -2.06. The van der Waals surface area contributed by atoms with E-state index in [1.54, 1.807) is 6.20 Å². The Morgan fingerprint density at radius 3 is 3.10 bits per heavy atom. The van der Waals surface area contributed by atoms with Crippen LogP contribution in [0.5, 0.6) is 0 Å². The van der Waals surface area contributed by atoms with Crippen molar-refractivity contribution in [1.29, 1.82) is 0 Å². The van der Waals surface area contributed by atoms with Crippen molar-refractivity contribution in [3.63, 3.8) is 0 Å². The minimum Gasteiger partial charge on any atom is -0.333 e. The van der Waals surface area contributed by atoms with Crippen molar-refractivity contribution in [3.8, 4) is 10.7 Å². The number of carbonyl (C=O) groups is 1. The summed E-state index contributed by atoms with van der Waals surface area (Å²) in [6.45, 7) is 1.94. The fraction of sp³-hybridized carbons (Fsp3) is 0.400. The second kappa shape index (κ2) is 5.81. The molecule has 21 heavy (non-hydrogen) atoms. The molecule has 0 saturated carbocycles. The molecular formula is C15H18N4OS. The fourth-order valence-corrected chi connectivity index (χ4v) is 3.54. The Hall–Kier alpha value is -1.95. The number of carbonyl (C=O) groups excluding carboxylic acids is 1. The zero-order valence-electron chi connectivity index (χ0n) is 12.2. The summed E-state index contributed by atoms with van der Waals surface area (Å²) < 4.78 is 1.95. The molecule has 0 unspecified atom stereocenters. The first-order valence-electron chi connectivity index (χ1n) is 7.05. The van der Waals surface area contributed by atoms with Crippen molar-refractivity contribution in [1.82, 2.24) is 14.5 Å². The number of anilines is 1. The average molecular weight is 302 g/mol. The normalized spacial score (nSPS) is 17.3. The van der Waals surface area contributed by atoms with Crippen LogP contribution in [0.15, 0.2) is 24.5 Å². The van der Waals surface area contributed by atoms with Gasteiger partial charge in [0.1, 0.15) is 0 Å². The highest BCUT2D eigenvalue weighted by Crippen LogP contribution is 2.31. The number of hydrogen-bond donors (Lipinski definition) is 1. The van der Waals surface area contributed by atoms with Gasteiger partial charge < -0.3 is 9.88 Å². The van der Waals surface area contributed by atoms with Gasteiger partial charge >= 0.3 is 0 Å². The minimum atomic E-state index is 0.0340. The average Bonchev–Trinajstić information content (AvgIpc) is 3.12. The molecular weight excluding hydrogens is 284 g/mol. The van der Waals surface area contributed by atoms with Gasteiger partial charge in [-0.2, -0.15) is 0 Å². The monoisotopic (exact) mass is 302 g/mol. The van der Waals surface area contributed by atoms with Crippen molar-refractivity contribution in [2.24, 2.45) is 13.0 Å². The third kappa shape index (κ3) is 3.05. The first-order valence-corrected chi connectivity index (χ1v) is 7.87. The van der Waals surface area contributed by atoms with Gasteiger partial charge in [0, 0.05) is 25.9 Å². The molecule has 0 radical (unpaired) electrons. The number of aryl methyl sites for hydroxylation is 2. The van der Waals surface area contributed by atoms with Crippen LogP contribution in [0.4, 0.5) is 5.13 Å². The smallest absolute Gasteiger partial charge is 0.226 e. The van der Waals surface area contributed by atoms with E-state index in [4.69, 9.17) is 0 Å². The molecule has 2 aromatic heterocycles. The molecule has 110 valence electrons. The van der Waals surface area contributed by atoms with Crippen LogP contribution >= 0.6 is 11.3 Å². The topological polar surface area (TPSA) is 59.8 Å². The quantitative estimate of drug-likeness (QED) is 0.883. The molecule has 3 rings (SSSR count). The maximum absolute atomic E-state index is 12.0. The maximum Gasteiger partial charge on any atom is 0.226 e. The van der Waals surface area contributed by atoms with E-state index in [2.05, 4.69) is 27.4 Å². The van der Waals surface area contributed by atoms with E-state index < -0.39 is 0 Å². The van der Waals surface area contributed by atoms with Gasteiger partial charge in [-0.1, -0.05) is 23.5 Å². The molecule has 0 fully saturated rings. The Kier molecular flexibility index (Phi) is 3.88. The molecule has 0 bridgehead atoms. The number of amides is 1. The summed E-state index contributed by atoms with van der Waals surface area (Å²) in [6, 6.07) is 0. The lowest BCUT2D eigenvalue weighted by molar-refractivity contribution is -0.116. The van der Waals surface area contributed by atoms with Crippen LogP contribution in [-0.4, -0.2) is 20.4 Å². The summed E-state index contributed by atoms with van der Waals surface area (Å²) in [5.41, 5.74) is 0.894. The van der Waals surface area contributed by atoms with E-state index in [1.165, 1.54) is 11.3 Å². The Bertz CT molecular complexity index is 686. The molecule has 1 amide bonds. The largest absolute Gasteiger partial charge is 0.333 e. The van der Waals surface area contributed by atoms with Crippen LogP contribution in [0.1, 0.15) is 25.0 Å². The second-order valence-electron chi connectivity index (χ2n) is 5.31. The van der Waals surface area contributed by atoms with Gasteiger partial charge in [-0.05, 0) is 25.7 Å². The lowest BCUT2D eigenvalue weighted by Crippen LogP contribution is -2.14. The van der Waals surface area contributed by atoms with Crippen molar-refractivity contribution in [2.45, 2.75) is 26.2 Å². The molecule has 0 spiro atoms. The number of allylic oxidation sites excluding steroid dienone is 2. The highest BCUT2D eigenvalue weighted by Gasteiger charge is 2.17. The predicted molar refractivity (Wildman–Crippen MR) is 84.2 cm³/mol. The molecule has 2 heterocycles. The third-order valence-electron chi connectivity index (χ3n) is 3.63. The zero-order chi connectivity index (χ0) is 14.8. The molecule has 0 saturated heterocycles. The van der Waals surface area contributed by atoms with Crippen molar-refractivity contribution < 1.29 is 4.79 Å². The van der Waals surface area contributed by atoms with Gasteiger partial charge in [0.15, 0.2) is 11.0 Å². The first-order chi connectivity index (χ1) is 10.1. The Morgan fingerprint density at radius 2 is 2.43 bits per heavy atom. The van der Waals surface area contributed by atoms with Gasteiger partial charge in [0.05, 0.1) is 10.6 Å². The maximum atomic E-state index is 12.0. The molecule has 0 aromatic carbocycles. The van der Waals surface area contributed by atoms with E-state index in [0.717, 1.165) is 29.2 Å². The van der Waals surface area contributed by atoms with E-state index in [0.29, 0.717) is 17.5 Å². The van der Waals surface area contributed by atoms with Crippen LogP contribution < -0.4 is 5.32 Å². The zero-order valence-corrected chi connectivity index (χ0v) is 13.0. The Labute approximate surface area is 127 Å². The Balaban J connectivity index is 1.71. The van der Waals surface area contributed by atoms with Crippen molar-refractivity contribution in [2.75, 3.05) is 5.32 Å². The fourth-order valence-electron chi connectivity index (χ4n) is 2.52. The van der Waals surface area contributed by atoms with Crippen LogP contribution in [0.3, 0.4) is 0 Å². The molecule has 1 aliphatic carbocycles. The first kappa shape index (κ1) is 14.0. The van der Waals surface area contributed by atoms with Gasteiger partial charge in [0.25, 0.3) is 0 Å². The van der Waals surface area contributed by atoms with E-state index in [9.17, 15) is 4.79 Å². The number of nitrogens with one attached hydrogen (secondary N) is 1. The minimum absolute atomic E-state index is 0.0340. The van der Waals surface area contributed by atoms with Crippen LogP contribution in [0.2, 0.25) is 0 Å². The number of thiazole rings is 1. The Morgan fingerprint density at radius 1 is 1.57 bits per heavy atom. The van der Waals surface area contributed by atoms with Gasteiger partial charge in [0.2, 0.25) is 5.91 Å². The SMILES string of the molecule is Cc1nc(NC(=O)C[C@@H]2C=CCC2)sc1-c1nccn1C. The molecule has 1 atom stereocenters. The second-order valence-corrected chi connectivity index (χ2v) is 6.31. The molecule has 1 N–H and O–H groups in total. The molecule has 6 heteroatoms. The summed E-state index contributed by atoms with van der Waals surface area (Å²) in [4.78, 5) is 21.8. The number of rotatable bonds is 4. The summed E-state index contributed by atoms with van der Waals surface area (Å²) in [5, 5.41) is 3.56. The van der Waals surface area contributed by atoms with E-state index in [-0.39, 0.29) is 5.91 Å². The van der Waals surface area contributed by atoms with E-state index in [1.807, 2.05) is 24.7 Å². The standard InChI is InChI=1S/C15H18N4OS/c1-10-13(14-16-7-8-19(14)2)21-15(17-10)18-12(20)9-11-5-3-4-6-11/h3,5,7-8,11H,4,6,9H2,1-2H3,(H,17,18,20)/t11-/m1/s1. The van der Waals surface area contributed by atoms with E-state index >= 15 is 0 Å². The highest BCUT2D eigenvalue weighted by molar-refractivity contribution is 7.19. The molecule has 5 nitrogen and oxygen atoms in total. The number of aromatic nitrogens is 3. The highest BCUT2D eigenvalue weighted by atomic mass is 32.1. The molecule has 1 aliphatic rings. The summed E-state index contributed by atoms with van der Waals surface area (Å²) in [7, 11) is 1.95. The van der Waals surface area contributed by atoms with Crippen LogP contribution in [0, 0.1) is 12.8 Å². The number of imidazole rings is 1. The number of nitrogens with zero attached hydrogens (tertiary/aromatic N) is 3. The lowest BCUT2D eigenvalue weighted by atomic mass is 10.1. The number of hydrogen-bond acceptors (Lipinski definition) is 4.